The Kier molecular flexibility index (Phi) is 15.2. The van der Waals surface area contributed by atoms with Gasteiger partial charge in [-0.05, 0) is 177 Å². The van der Waals surface area contributed by atoms with Gasteiger partial charge in [0.15, 0.2) is 0 Å². The highest BCUT2D eigenvalue weighted by atomic mass is 14.8. The van der Waals surface area contributed by atoms with Crippen molar-refractivity contribution in [2.24, 2.45) is 0 Å². The van der Waals surface area contributed by atoms with Crippen LogP contribution in [0.1, 0.15) is 0 Å². The maximum absolute atomic E-state index is 5.29. The van der Waals surface area contributed by atoms with E-state index in [-0.39, 0.29) is 0 Å². The topological polar surface area (TPSA) is 103 Å². The number of aromatic nitrogens is 8. The number of hydrogen-bond acceptors (Lipinski definition) is 8. The standard InChI is InChI=1S/C56H32N4.C54H32N4/c1-2-9-44-43(8-1)45(25-26-46(44)50-29-22-39-15-14-38-7-4-30-57-55(38)56(39)60-50)49-28-21-34-11-17-41(32-52(34)59-49)48-27-20-33-10-16-40(31-51(33)58-48)42-23-18-37-13-12-35-5-3-6-36-19-24-47(42)54(37)53(35)36;1-2-10-40-37(8-1)30-47(44-14-6-3-11-41(40)44)38-19-15-33-21-26-48(56-51(33)31-38)39-20-16-34-22-27-49(57-52(34)32-39)45-24-25-46(43-13-5-4-12-42(43)45)50-28-23-36-18-17-35-9-7-29-55-53(35)54(36)58-50/h1-32H;1-32H. The third-order valence-corrected chi connectivity index (χ3v) is 24.1. The van der Waals surface area contributed by atoms with Crippen molar-refractivity contribution in [2.75, 3.05) is 0 Å². The van der Waals surface area contributed by atoms with E-state index in [1.54, 1.807) is 0 Å². The largest absolute Gasteiger partial charge is 0.254 e. The molecule has 25 aromatic rings. The summed E-state index contributed by atoms with van der Waals surface area (Å²) in [6.07, 6.45) is 3.67. The minimum atomic E-state index is 0.913. The van der Waals surface area contributed by atoms with Crippen LogP contribution in [0.25, 0.3) is 252 Å². The molecule has 0 aliphatic rings. The summed E-state index contributed by atoms with van der Waals surface area (Å²) in [5.74, 6) is 0. The van der Waals surface area contributed by atoms with E-state index in [9.17, 15) is 0 Å². The average molecular weight is 1500 g/mol. The molecule has 0 saturated heterocycles. The molecule has 8 heterocycles. The molecule has 0 aliphatic carbocycles. The average Bonchev–Trinajstić information content (AvgIpc) is 0.720. The van der Waals surface area contributed by atoms with E-state index in [0.29, 0.717) is 0 Å². The van der Waals surface area contributed by atoms with Gasteiger partial charge in [0.2, 0.25) is 0 Å². The van der Waals surface area contributed by atoms with Crippen LogP contribution in [0.2, 0.25) is 0 Å². The quantitative estimate of drug-likeness (QED) is 0.139. The normalized spacial score (nSPS) is 11.9. The van der Waals surface area contributed by atoms with Gasteiger partial charge in [-0.3, -0.25) is 9.97 Å². The maximum Gasteiger partial charge on any atom is 0.0972 e. The highest BCUT2D eigenvalue weighted by molar-refractivity contribution is 6.26. The highest BCUT2D eigenvalue weighted by Crippen LogP contribution is 2.44. The van der Waals surface area contributed by atoms with Crippen LogP contribution in [0.3, 0.4) is 0 Å². The SMILES string of the molecule is c1ccc2c(c1)cc(-c1ccc3ccc(-c4ccc5ccc(-c6ccc(-c7ccc8ccc9cccnc9c8n7)c7ccccc67)nc5c4)nc3c1)c1ccccc12.c1cnc2c(c1)ccc1ccc(-c3ccc(-c4ccc5ccc(-c6ccc7ccc(-c8ccc9ccc%10cccc%11ccc8c9c%10%11)cc7n6)cc5n4)c4ccccc34)nc12. The first-order chi connectivity index (χ1) is 58.4. The molecule has 0 aliphatic heterocycles. The zero-order valence-electron chi connectivity index (χ0n) is 63.5. The van der Waals surface area contributed by atoms with Crippen LogP contribution in [0.15, 0.2) is 389 Å². The minimum Gasteiger partial charge on any atom is -0.254 e. The molecule has 0 N–H and O–H groups in total. The molecule has 8 heteroatoms. The number of nitrogens with zero attached hydrogens (tertiary/aromatic N) is 8. The molecule has 8 nitrogen and oxygen atoms in total. The first-order valence-electron chi connectivity index (χ1n) is 40.0. The molecule has 0 bridgehead atoms. The van der Waals surface area contributed by atoms with Crippen molar-refractivity contribution >= 4 is 163 Å². The fourth-order valence-corrected chi connectivity index (χ4v) is 18.3. The van der Waals surface area contributed by atoms with Gasteiger partial charge in [-0.15, -0.1) is 0 Å². The highest BCUT2D eigenvalue weighted by Gasteiger charge is 2.20. The van der Waals surface area contributed by atoms with E-state index in [4.69, 9.17) is 29.9 Å². The van der Waals surface area contributed by atoms with Gasteiger partial charge in [-0.1, -0.05) is 297 Å². The predicted octanol–water partition coefficient (Wildman–Crippen LogP) is 28.6. The number of hydrogen-bond donors (Lipinski definition) is 0. The molecule has 0 fully saturated rings. The molecule has 0 spiro atoms. The summed E-state index contributed by atoms with van der Waals surface area (Å²) in [7, 11) is 0. The Morgan fingerprint density at radius 3 is 0.932 bits per heavy atom. The monoisotopic (exact) mass is 1500 g/mol. The van der Waals surface area contributed by atoms with Gasteiger partial charge in [0.25, 0.3) is 0 Å². The lowest BCUT2D eigenvalue weighted by Crippen LogP contribution is -1.92. The molecule has 0 radical (unpaired) electrons. The molecular weight excluding hydrogens is 1430 g/mol. The second-order valence-corrected chi connectivity index (χ2v) is 30.8. The van der Waals surface area contributed by atoms with Gasteiger partial charge in [-0.25, -0.2) is 29.9 Å². The molecule has 25 rings (SSSR count). The zero-order chi connectivity index (χ0) is 77.5. The van der Waals surface area contributed by atoms with Crippen molar-refractivity contribution in [3.8, 4) is 89.8 Å². The van der Waals surface area contributed by atoms with Crippen molar-refractivity contribution in [1.29, 1.82) is 0 Å². The number of pyridine rings is 8. The third-order valence-electron chi connectivity index (χ3n) is 24.1. The molecule has 8 aromatic heterocycles. The molecule has 0 unspecified atom stereocenters. The van der Waals surface area contributed by atoms with Crippen LogP contribution in [-0.4, -0.2) is 39.9 Å². The molecule has 118 heavy (non-hydrogen) atoms. The van der Waals surface area contributed by atoms with Gasteiger partial charge >= 0.3 is 0 Å². The lowest BCUT2D eigenvalue weighted by atomic mass is 9.89. The number of benzene rings is 17. The molecule has 544 valence electrons. The molecule has 17 aromatic carbocycles. The lowest BCUT2D eigenvalue weighted by Gasteiger charge is -2.14. The van der Waals surface area contributed by atoms with Gasteiger partial charge in [-0.2, -0.15) is 0 Å². The summed E-state index contributed by atoms with van der Waals surface area (Å²) < 4.78 is 0. The Bertz CT molecular complexity index is 8530. The second-order valence-electron chi connectivity index (χ2n) is 30.8. The smallest absolute Gasteiger partial charge is 0.0972 e. The van der Waals surface area contributed by atoms with Crippen molar-refractivity contribution in [2.45, 2.75) is 0 Å². The Morgan fingerprint density at radius 1 is 0.144 bits per heavy atom. The van der Waals surface area contributed by atoms with Crippen molar-refractivity contribution in [3.05, 3.63) is 389 Å². The van der Waals surface area contributed by atoms with E-state index in [2.05, 4.69) is 374 Å². The zero-order valence-corrected chi connectivity index (χ0v) is 63.5. The molecule has 0 saturated carbocycles. The van der Waals surface area contributed by atoms with Crippen molar-refractivity contribution < 1.29 is 0 Å². The third kappa shape index (κ3) is 11.1. The van der Waals surface area contributed by atoms with Crippen LogP contribution in [0.4, 0.5) is 0 Å². The van der Waals surface area contributed by atoms with E-state index < -0.39 is 0 Å². The van der Waals surface area contributed by atoms with E-state index in [1.165, 1.54) is 65.0 Å². The first kappa shape index (κ1) is 66.7. The summed E-state index contributed by atoms with van der Waals surface area (Å²) in [6, 6.07) is 134. The second kappa shape index (κ2) is 26.9. The molecular formula is C110H64N8. The summed E-state index contributed by atoms with van der Waals surface area (Å²) >= 11 is 0. The molecule has 0 atom stereocenters. The van der Waals surface area contributed by atoms with E-state index >= 15 is 0 Å². The number of fused-ring (bicyclic) bond motifs is 15. The predicted molar refractivity (Wildman–Crippen MR) is 493 cm³/mol. The molecule has 0 amide bonds. The Balaban J connectivity index is 0.000000135. The van der Waals surface area contributed by atoms with Gasteiger partial charge in [0.05, 0.1) is 78.3 Å². The van der Waals surface area contributed by atoms with Crippen LogP contribution < -0.4 is 0 Å². The van der Waals surface area contributed by atoms with Gasteiger partial charge in [0.1, 0.15) is 0 Å². The summed E-state index contributed by atoms with van der Waals surface area (Å²) in [5, 5.41) is 26.0. The van der Waals surface area contributed by atoms with Crippen LogP contribution in [0, 0.1) is 0 Å². The van der Waals surface area contributed by atoms with Crippen molar-refractivity contribution in [1.82, 2.24) is 39.9 Å². The van der Waals surface area contributed by atoms with E-state index in [0.717, 1.165) is 187 Å². The summed E-state index contributed by atoms with van der Waals surface area (Å²) in [5.41, 5.74) is 24.1. The van der Waals surface area contributed by atoms with Crippen LogP contribution in [0.5, 0.6) is 0 Å². The fraction of sp³-hybridized carbons (Fsp3) is 0. The maximum atomic E-state index is 5.29. The summed E-state index contributed by atoms with van der Waals surface area (Å²) in [6.45, 7) is 0. The lowest BCUT2D eigenvalue weighted by molar-refractivity contribution is 1.37. The van der Waals surface area contributed by atoms with Crippen molar-refractivity contribution in [3.63, 3.8) is 0 Å². The Morgan fingerprint density at radius 2 is 0.449 bits per heavy atom. The Labute approximate surface area is 676 Å². The Hall–Kier alpha value is -15.9. The van der Waals surface area contributed by atoms with Gasteiger partial charge < -0.3 is 0 Å². The number of rotatable bonds is 8. The van der Waals surface area contributed by atoms with Gasteiger partial charge in [0, 0.05) is 88.9 Å². The van der Waals surface area contributed by atoms with Crippen LogP contribution in [-0.2, 0) is 0 Å². The summed E-state index contributed by atoms with van der Waals surface area (Å²) in [4.78, 5) is 40.8. The van der Waals surface area contributed by atoms with E-state index in [1.807, 2.05) is 24.5 Å². The first-order valence-corrected chi connectivity index (χ1v) is 40.0. The fourth-order valence-electron chi connectivity index (χ4n) is 18.3. The van der Waals surface area contributed by atoms with Crippen LogP contribution >= 0.6 is 0 Å². The minimum absolute atomic E-state index is 0.913.